The Morgan fingerprint density at radius 1 is 1.30 bits per heavy atom. The van der Waals surface area contributed by atoms with Crippen molar-refractivity contribution in [3.8, 4) is 0 Å². The maximum absolute atomic E-state index is 12.2. The average molecular weight is 341 g/mol. The van der Waals surface area contributed by atoms with Crippen LogP contribution in [0.2, 0.25) is 0 Å². The quantitative estimate of drug-likeness (QED) is 0.852. The van der Waals surface area contributed by atoms with Crippen LogP contribution in [0.3, 0.4) is 0 Å². The van der Waals surface area contributed by atoms with Crippen LogP contribution in [0.1, 0.15) is 19.4 Å². The Morgan fingerprint density at radius 2 is 1.96 bits per heavy atom. The van der Waals surface area contributed by atoms with E-state index in [-0.39, 0.29) is 29.7 Å². The summed E-state index contributed by atoms with van der Waals surface area (Å²) in [5.74, 6) is 0. The highest BCUT2D eigenvalue weighted by Gasteiger charge is 2.25. The highest BCUT2D eigenvalue weighted by atomic mass is 32.2. The largest absolute Gasteiger partial charge is 0.372 e. The summed E-state index contributed by atoms with van der Waals surface area (Å²) >= 11 is 0. The van der Waals surface area contributed by atoms with Gasteiger partial charge in [-0.1, -0.05) is 12.1 Å². The van der Waals surface area contributed by atoms with Crippen molar-refractivity contribution in [2.75, 3.05) is 20.1 Å². The lowest BCUT2D eigenvalue weighted by molar-refractivity contribution is -0.0545. The maximum atomic E-state index is 12.2. The van der Waals surface area contributed by atoms with Crippen molar-refractivity contribution < 1.29 is 17.9 Å². The van der Waals surface area contributed by atoms with E-state index in [1.807, 2.05) is 13.8 Å². The number of urea groups is 1. The van der Waals surface area contributed by atoms with Crippen molar-refractivity contribution in [1.82, 2.24) is 14.9 Å². The van der Waals surface area contributed by atoms with Gasteiger partial charge in [0.25, 0.3) is 0 Å². The van der Waals surface area contributed by atoms with Crippen LogP contribution >= 0.6 is 0 Å². The molecule has 8 heteroatoms. The molecule has 128 valence electrons. The molecule has 2 atom stereocenters. The second-order valence-corrected chi connectivity index (χ2v) is 7.56. The molecule has 1 heterocycles. The number of carbonyl (C=O) groups is 1. The van der Waals surface area contributed by atoms with Crippen LogP contribution in [-0.2, 0) is 21.3 Å². The maximum Gasteiger partial charge on any atom is 0.317 e. The monoisotopic (exact) mass is 341 g/mol. The van der Waals surface area contributed by atoms with Crippen LogP contribution in [0.15, 0.2) is 29.2 Å². The summed E-state index contributed by atoms with van der Waals surface area (Å²) in [6, 6.07) is 6.33. The molecular formula is C15H23N3O4S. The summed E-state index contributed by atoms with van der Waals surface area (Å²) < 4.78 is 31.5. The number of rotatable bonds is 4. The van der Waals surface area contributed by atoms with Gasteiger partial charge in [0.15, 0.2) is 0 Å². The Morgan fingerprint density at radius 3 is 2.57 bits per heavy atom. The van der Waals surface area contributed by atoms with Crippen LogP contribution in [0, 0.1) is 0 Å². The molecule has 0 saturated carbocycles. The van der Waals surface area contributed by atoms with Crippen LogP contribution in [0.25, 0.3) is 0 Å². The second kappa shape index (κ2) is 7.29. The van der Waals surface area contributed by atoms with Gasteiger partial charge in [-0.2, -0.15) is 0 Å². The van der Waals surface area contributed by atoms with Crippen LogP contribution in [0.5, 0.6) is 0 Å². The number of nitrogens with one attached hydrogen (secondary N) is 2. The SMILES string of the molecule is CNS(=O)(=O)c1cccc(CNC(=O)N2C[C@@H](C)O[C@H](C)C2)c1. The van der Waals surface area contributed by atoms with E-state index in [1.165, 1.54) is 13.1 Å². The molecule has 0 unspecified atom stereocenters. The Balaban J connectivity index is 1.98. The van der Waals surface area contributed by atoms with E-state index in [1.54, 1.807) is 23.1 Å². The molecule has 0 bridgehead atoms. The number of sulfonamides is 1. The summed E-state index contributed by atoms with van der Waals surface area (Å²) in [6.07, 6.45) is 0.0159. The molecular weight excluding hydrogens is 318 g/mol. The third kappa shape index (κ3) is 4.66. The first-order valence-corrected chi connectivity index (χ1v) is 9.01. The number of hydrogen-bond acceptors (Lipinski definition) is 4. The van der Waals surface area contributed by atoms with Crippen molar-refractivity contribution in [3.63, 3.8) is 0 Å². The van der Waals surface area contributed by atoms with Crippen molar-refractivity contribution in [2.24, 2.45) is 0 Å². The molecule has 2 N–H and O–H groups in total. The normalized spacial score (nSPS) is 22.0. The van der Waals surface area contributed by atoms with Gasteiger partial charge in [0, 0.05) is 19.6 Å². The molecule has 1 fully saturated rings. The Hall–Kier alpha value is -1.64. The van der Waals surface area contributed by atoms with Crippen LogP contribution in [0.4, 0.5) is 4.79 Å². The summed E-state index contributed by atoms with van der Waals surface area (Å²) in [5, 5.41) is 2.82. The minimum Gasteiger partial charge on any atom is -0.372 e. The number of carbonyl (C=O) groups excluding carboxylic acids is 1. The first kappa shape index (κ1) is 17.7. The van der Waals surface area contributed by atoms with E-state index in [0.29, 0.717) is 13.1 Å². The number of hydrogen-bond donors (Lipinski definition) is 2. The highest BCUT2D eigenvalue weighted by molar-refractivity contribution is 7.89. The number of ether oxygens (including phenoxy) is 1. The minimum atomic E-state index is -3.48. The summed E-state index contributed by atoms with van der Waals surface area (Å²) in [6.45, 7) is 5.23. The molecule has 1 aromatic carbocycles. The third-order valence-electron chi connectivity index (χ3n) is 3.63. The molecule has 1 aliphatic rings. The molecule has 7 nitrogen and oxygen atoms in total. The summed E-state index contributed by atoms with van der Waals surface area (Å²) in [7, 11) is -2.12. The zero-order chi connectivity index (χ0) is 17.0. The molecule has 0 radical (unpaired) electrons. The van der Waals surface area contributed by atoms with Crippen LogP contribution < -0.4 is 10.0 Å². The molecule has 23 heavy (non-hydrogen) atoms. The molecule has 0 spiro atoms. The first-order valence-electron chi connectivity index (χ1n) is 7.52. The third-order valence-corrected chi connectivity index (χ3v) is 5.04. The molecule has 0 aliphatic carbocycles. The Bertz CT molecular complexity index is 652. The van der Waals surface area contributed by atoms with Crippen molar-refractivity contribution >= 4 is 16.1 Å². The van der Waals surface area contributed by atoms with Gasteiger partial charge in [-0.3, -0.25) is 0 Å². The molecule has 1 aliphatic heterocycles. The molecule has 1 aromatic rings. The van der Waals surface area contributed by atoms with E-state index in [0.717, 1.165) is 5.56 Å². The van der Waals surface area contributed by atoms with E-state index < -0.39 is 10.0 Å². The minimum absolute atomic E-state index is 0.00796. The fourth-order valence-corrected chi connectivity index (χ4v) is 3.37. The summed E-state index contributed by atoms with van der Waals surface area (Å²) in [5.41, 5.74) is 0.726. The fraction of sp³-hybridized carbons (Fsp3) is 0.533. The van der Waals surface area contributed by atoms with E-state index in [9.17, 15) is 13.2 Å². The standard InChI is InChI=1S/C15H23N3O4S/c1-11-9-18(10-12(2)22-11)15(19)17-8-13-5-4-6-14(7-13)23(20,21)16-3/h4-7,11-12,16H,8-10H2,1-3H3,(H,17,19)/t11-,12-/m1/s1. The summed E-state index contributed by atoms with van der Waals surface area (Å²) in [4.78, 5) is 14.1. The van der Waals surface area contributed by atoms with E-state index in [2.05, 4.69) is 10.0 Å². The second-order valence-electron chi connectivity index (χ2n) is 5.68. The highest BCUT2D eigenvalue weighted by Crippen LogP contribution is 2.13. The number of morpholine rings is 1. The number of amides is 2. The number of nitrogens with zero attached hydrogens (tertiary/aromatic N) is 1. The molecule has 0 aromatic heterocycles. The predicted molar refractivity (Wildman–Crippen MR) is 86.5 cm³/mol. The van der Waals surface area contributed by atoms with Gasteiger partial charge in [0.1, 0.15) is 0 Å². The van der Waals surface area contributed by atoms with E-state index in [4.69, 9.17) is 4.74 Å². The number of benzene rings is 1. The van der Waals surface area contributed by atoms with Gasteiger partial charge in [-0.25, -0.2) is 17.9 Å². The Labute approximate surface area is 137 Å². The van der Waals surface area contributed by atoms with Crippen molar-refractivity contribution in [2.45, 2.75) is 37.5 Å². The lowest BCUT2D eigenvalue weighted by Crippen LogP contribution is -2.51. The van der Waals surface area contributed by atoms with Gasteiger partial charge in [0.05, 0.1) is 17.1 Å². The lowest BCUT2D eigenvalue weighted by Gasteiger charge is -2.35. The molecule has 2 rings (SSSR count). The molecule has 1 saturated heterocycles. The first-order chi connectivity index (χ1) is 10.8. The Kier molecular flexibility index (Phi) is 5.61. The van der Waals surface area contributed by atoms with E-state index >= 15 is 0 Å². The van der Waals surface area contributed by atoms with Gasteiger partial charge >= 0.3 is 6.03 Å². The van der Waals surface area contributed by atoms with Crippen molar-refractivity contribution in [3.05, 3.63) is 29.8 Å². The van der Waals surface area contributed by atoms with Gasteiger partial charge < -0.3 is 15.0 Å². The smallest absolute Gasteiger partial charge is 0.317 e. The zero-order valence-electron chi connectivity index (χ0n) is 13.6. The average Bonchev–Trinajstić information content (AvgIpc) is 2.52. The van der Waals surface area contributed by atoms with Gasteiger partial charge in [-0.15, -0.1) is 0 Å². The fourth-order valence-electron chi connectivity index (χ4n) is 2.57. The predicted octanol–water partition coefficient (Wildman–Crippen LogP) is 0.913. The zero-order valence-corrected chi connectivity index (χ0v) is 14.4. The van der Waals surface area contributed by atoms with Gasteiger partial charge in [0.2, 0.25) is 10.0 Å². The van der Waals surface area contributed by atoms with Crippen molar-refractivity contribution in [1.29, 1.82) is 0 Å². The van der Waals surface area contributed by atoms with Crippen LogP contribution in [-0.4, -0.2) is 51.7 Å². The lowest BCUT2D eigenvalue weighted by atomic mass is 10.2. The molecule has 2 amide bonds. The topological polar surface area (TPSA) is 87.7 Å². The van der Waals surface area contributed by atoms with Gasteiger partial charge in [-0.05, 0) is 38.6 Å².